The molecule has 38 heavy (non-hydrogen) atoms. The van der Waals surface area contributed by atoms with Gasteiger partial charge in [-0.1, -0.05) is 17.3 Å². The zero-order valence-electron chi connectivity index (χ0n) is 19.5. The maximum Gasteiger partial charge on any atom is 0.417 e. The van der Waals surface area contributed by atoms with E-state index in [-0.39, 0.29) is 63.6 Å². The number of aromatic nitrogens is 5. The van der Waals surface area contributed by atoms with Crippen LogP contribution in [0.4, 0.5) is 8.78 Å². The molecule has 0 spiro atoms. The Morgan fingerprint density at radius 1 is 0.868 bits per heavy atom. The number of nitrogens with one attached hydrogen (secondary N) is 2. The van der Waals surface area contributed by atoms with Crippen LogP contribution in [0.25, 0.3) is 33.9 Å². The fraction of sp³-hybridized carbons (Fsp3) is 0.160. The van der Waals surface area contributed by atoms with Crippen molar-refractivity contribution < 1.29 is 27.3 Å². The minimum atomic E-state index is -0.751. The van der Waals surface area contributed by atoms with E-state index in [1.165, 1.54) is 30.6 Å². The van der Waals surface area contributed by atoms with Crippen LogP contribution in [0.5, 0.6) is 0 Å². The summed E-state index contributed by atoms with van der Waals surface area (Å²) in [7, 11) is 0. The third-order valence-corrected chi connectivity index (χ3v) is 5.56. The molecule has 5 aromatic rings. The molecule has 0 unspecified atom stereocenters. The number of imide groups is 1. The average Bonchev–Trinajstić information content (AvgIpc) is 3.53. The fourth-order valence-electron chi connectivity index (χ4n) is 3.77. The summed E-state index contributed by atoms with van der Waals surface area (Å²) in [4.78, 5) is 46.5. The topological polar surface area (TPSA) is 157 Å². The monoisotopic (exact) mass is 520 g/mol. The summed E-state index contributed by atoms with van der Waals surface area (Å²) < 4.78 is 39.6. The minimum absolute atomic E-state index is 0.0125. The largest absolute Gasteiger partial charge is 0.417 e. The number of oxazole rings is 1. The molecule has 11 nitrogen and oxygen atoms in total. The van der Waals surface area contributed by atoms with Crippen molar-refractivity contribution in [2.75, 3.05) is 0 Å². The molecular weight excluding hydrogens is 502 g/mol. The standard InChI is InChI=1S/C20H11F2N5O3.C5H7NO2/c21-15-10(5-6-13-17(15)26-20(28)29-13)9-14-25-19(27-30-14)12-4-1-3-11(16(12)22)18-23-7-2-8-24-18;7-4-2-1-3-5(8)6-4/h1-8H,9H2,(H,26,28);1-3H2,(H,6,7,8). The number of amides is 2. The summed E-state index contributed by atoms with van der Waals surface area (Å²) in [5.41, 5.74) is 0.569. The molecule has 2 aromatic carbocycles. The number of hydrogen-bond donors (Lipinski definition) is 2. The second kappa shape index (κ2) is 10.5. The second-order valence-electron chi connectivity index (χ2n) is 8.18. The first-order valence-corrected chi connectivity index (χ1v) is 11.4. The Kier molecular flexibility index (Phi) is 6.80. The van der Waals surface area contributed by atoms with Crippen LogP contribution in [0.1, 0.15) is 30.7 Å². The first-order valence-electron chi connectivity index (χ1n) is 11.4. The van der Waals surface area contributed by atoms with Gasteiger partial charge in [0.05, 0.1) is 17.5 Å². The van der Waals surface area contributed by atoms with Gasteiger partial charge in [0.15, 0.2) is 17.2 Å². The zero-order valence-corrected chi connectivity index (χ0v) is 19.5. The van der Waals surface area contributed by atoms with Crippen LogP contribution in [0, 0.1) is 11.6 Å². The number of benzene rings is 2. The predicted octanol–water partition coefficient (Wildman–Crippen LogP) is 3.31. The highest BCUT2D eigenvalue weighted by Crippen LogP contribution is 2.28. The second-order valence-corrected chi connectivity index (χ2v) is 8.18. The summed E-state index contributed by atoms with van der Waals surface area (Å²) in [5, 5.41) is 6.01. The predicted molar refractivity (Wildman–Crippen MR) is 127 cm³/mol. The van der Waals surface area contributed by atoms with Gasteiger partial charge >= 0.3 is 5.76 Å². The molecule has 0 radical (unpaired) electrons. The van der Waals surface area contributed by atoms with Crippen molar-refractivity contribution in [2.45, 2.75) is 25.7 Å². The lowest BCUT2D eigenvalue weighted by atomic mass is 10.1. The molecule has 0 aliphatic carbocycles. The lowest BCUT2D eigenvalue weighted by Crippen LogP contribution is -2.33. The SMILES string of the molecule is O=C1CCCC(=O)N1.O=c1[nH]c2c(F)c(Cc3nc(-c4cccc(-c5ncccn5)c4F)no3)ccc2o1. The Balaban J connectivity index is 0.000000316. The van der Waals surface area contributed by atoms with Crippen LogP contribution >= 0.6 is 0 Å². The molecule has 0 bridgehead atoms. The molecule has 1 aliphatic heterocycles. The minimum Gasteiger partial charge on any atom is -0.408 e. The molecule has 13 heteroatoms. The van der Waals surface area contributed by atoms with Crippen molar-refractivity contribution in [3.63, 3.8) is 0 Å². The maximum atomic E-state index is 15.0. The summed E-state index contributed by atoms with van der Waals surface area (Å²) in [5.74, 6) is -1.97. The molecule has 192 valence electrons. The van der Waals surface area contributed by atoms with E-state index in [1.807, 2.05) is 0 Å². The highest BCUT2D eigenvalue weighted by molar-refractivity contribution is 5.97. The fourth-order valence-corrected chi connectivity index (χ4v) is 3.77. The number of halogens is 2. The smallest absolute Gasteiger partial charge is 0.408 e. The molecule has 2 N–H and O–H groups in total. The number of nitrogens with zero attached hydrogens (tertiary/aromatic N) is 4. The normalized spacial score (nSPS) is 13.2. The molecule has 0 atom stereocenters. The molecular formula is C25H18F2N6O5. The highest BCUT2D eigenvalue weighted by Gasteiger charge is 2.19. The van der Waals surface area contributed by atoms with E-state index in [4.69, 9.17) is 8.94 Å². The third-order valence-electron chi connectivity index (χ3n) is 5.56. The molecule has 1 fully saturated rings. The number of piperidine rings is 1. The lowest BCUT2D eigenvalue weighted by Gasteiger charge is -2.07. The van der Waals surface area contributed by atoms with Gasteiger partial charge in [-0.15, -0.1) is 0 Å². The summed E-state index contributed by atoms with van der Waals surface area (Å²) >= 11 is 0. The number of H-pyrrole nitrogens is 1. The molecule has 1 saturated heterocycles. The molecule has 3 aromatic heterocycles. The van der Waals surface area contributed by atoms with Crippen molar-refractivity contribution in [3.8, 4) is 22.8 Å². The van der Waals surface area contributed by atoms with E-state index in [1.54, 1.807) is 18.2 Å². The van der Waals surface area contributed by atoms with Gasteiger partial charge in [0, 0.05) is 25.2 Å². The van der Waals surface area contributed by atoms with E-state index < -0.39 is 17.4 Å². The van der Waals surface area contributed by atoms with E-state index >= 15 is 4.39 Å². The van der Waals surface area contributed by atoms with Gasteiger partial charge in [0.2, 0.25) is 23.5 Å². The third kappa shape index (κ3) is 5.21. The van der Waals surface area contributed by atoms with Crippen LogP contribution in [-0.4, -0.2) is 36.9 Å². The van der Waals surface area contributed by atoms with Crippen molar-refractivity contribution in [2.24, 2.45) is 0 Å². The van der Waals surface area contributed by atoms with Crippen LogP contribution < -0.4 is 11.1 Å². The van der Waals surface area contributed by atoms with Crippen LogP contribution in [0.2, 0.25) is 0 Å². The summed E-state index contributed by atoms with van der Waals surface area (Å²) in [6.07, 6.45) is 4.70. The van der Waals surface area contributed by atoms with E-state index in [0.717, 1.165) is 0 Å². The van der Waals surface area contributed by atoms with Gasteiger partial charge in [-0.05, 0) is 36.2 Å². The maximum absolute atomic E-state index is 15.0. The van der Waals surface area contributed by atoms with E-state index in [2.05, 4.69) is 30.4 Å². The average molecular weight is 520 g/mol. The Morgan fingerprint density at radius 3 is 2.26 bits per heavy atom. The molecule has 4 heterocycles. The van der Waals surface area contributed by atoms with E-state index in [9.17, 15) is 18.8 Å². The Hall–Kier alpha value is -5.07. The zero-order chi connectivity index (χ0) is 26.6. The van der Waals surface area contributed by atoms with Gasteiger partial charge in [0.1, 0.15) is 11.3 Å². The van der Waals surface area contributed by atoms with Crippen molar-refractivity contribution in [1.82, 2.24) is 30.4 Å². The molecule has 1 aliphatic rings. The van der Waals surface area contributed by atoms with Crippen molar-refractivity contribution in [1.29, 1.82) is 0 Å². The van der Waals surface area contributed by atoms with Gasteiger partial charge in [-0.3, -0.25) is 19.9 Å². The molecule has 6 rings (SSSR count). The number of hydrogen-bond acceptors (Lipinski definition) is 9. The van der Waals surface area contributed by atoms with Gasteiger partial charge in [-0.25, -0.2) is 23.5 Å². The highest BCUT2D eigenvalue weighted by atomic mass is 19.1. The van der Waals surface area contributed by atoms with Crippen LogP contribution in [-0.2, 0) is 16.0 Å². The van der Waals surface area contributed by atoms with Gasteiger partial charge in [-0.2, -0.15) is 4.98 Å². The number of aromatic amines is 1. The van der Waals surface area contributed by atoms with Crippen LogP contribution in [0.15, 0.2) is 62.5 Å². The Bertz CT molecular complexity index is 1680. The first kappa shape index (κ1) is 24.6. The number of carbonyl (C=O) groups is 2. The van der Waals surface area contributed by atoms with Crippen LogP contribution in [0.3, 0.4) is 0 Å². The number of rotatable bonds is 4. The summed E-state index contributed by atoms with van der Waals surface area (Å²) in [6.45, 7) is 0. The van der Waals surface area contributed by atoms with Crippen molar-refractivity contribution in [3.05, 3.63) is 82.4 Å². The first-order chi connectivity index (χ1) is 18.4. The van der Waals surface area contributed by atoms with E-state index in [0.29, 0.717) is 19.3 Å². The number of fused-ring (bicyclic) bond motifs is 1. The van der Waals surface area contributed by atoms with Crippen molar-refractivity contribution >= 4 is 22.9 Å². The quantitative estimate of drug-likeness (QED) is 0.339. The lowest BCUT2D eigenvalue weighted by molar-refractivity contribution is -0.132. The Morgan fingerprint density at radius 2 is 1.58 bits per heavy atom. The summed E-state index contributed by atoms with van der Waals surface area (Å²) in [6, 6.07) is 9.22. The van der Waals surface area contributed by atoms with Gasteiger partial charge < -0.3 is 8.94 Å². The molecule has 2 amide bonds. The Labute approximate surface area is 211 Å². The van der Waals surface area contributed by atoms with Gasteiger partial charge in [0.25, 0.3) is 0 Å². The number of carbonyl (C=O) groups excluding carboxylic acids is 2. The molecule has 0 saturated carbocycles.